The molecule has 1 N–H and O–H groups in total. The number of hydrogen-bond donors (Lipinski definition) is 1. The number of hydrogen-bond acceptors (Lipinski definition) is 3. The fraction of sp³-hybridized carbons (Fsp3) is 0.889. The number of aliphatic carboxylic acids is 1. The average molecular weight is 314 g/mol. The highest BCUT2D eigenvalue weighted by molar-refractivity contribution is 5.69. The van der Waals surface area contributed by atoms with E-state index >= 15 is 0 Å². The van der Waals surface area contributed by atoms with Crippen LogP contribution >= 0.6 is 0 Å². The van der Waals surface area contributed by atoms with Crippen LogP contribution in [0.2, 0.25) is 0 Å². The Balaban J connectivity index is 3.21. The van der Waals surface area contributed by atoms with Crippen LogP contribution in [-0.4, -0.2) is 23.7 Å². The molecule has 0 radical (unpaired) electrons. The molecule has 0 saturated heterocycles. The second kappa shape index (κ2) is 14.9. The van der Waals surface area contributed by atoms with Gasteiger partial charge in [0.1, 0.15) is 0 Å². The lowest BCUT2D eigenvalue weighted by atomic mass is 10.0. The fourth-order valence-electron chi connectivity index (χ4n) is 2.34. The van der Waals surface area contributed by atoms with Gasteiger partial charge in [-0.2, -0.15) is 0 Å². The van der Waals surface area contributed by atoms with Crippen LogP contribution < -0.4 is 0 Å². The van der Waals surface area contributed by atoms with Gasteiger partial charge in [-0.25, -0.2) is 0 Å². The molecule has 0 aromatic carbocycles. The maximum absolute atomic E-state index is 11.5. The molecule has 0 bridgehead atoms. The fourth-order valence-corrected chi connectivity index (χ4v) is 2.34. The normalized spacial score (nSPS) is 10.9. The number of rotatable bonds is 15. The van der Waals surface area contributed by atoms with Gasteiger partial charge in [0.15, 0.2) is 0 Å². The Kier molecular flexibility index (Phi) is 14.1. The molecule has 0 atom stereocenters. The van der Waals surface area contributed by atoms with Crippen molar-refractivity contribution in [2.75, 3.05) is 6.61 Å². The number of esters is 1. The first-order valence-electron chi connectivity index (χ1n) is 8.89. The Bertz CT molecular complexity index is 287. The molecular weight excluding hydrogens is 280 g/mol. The first-order valence-corrected chi connectivity index (χ1v) is 8.89. The maximum Gasteiger partial charge on any atom is 0.305 e. The lowest BCUT2D eigenvalue weighted by Gasteiger charge is -2.06. The van der Waals surface area contributed by atoms with Gasteiger partial charge in [0.2, 0.25) is 0 Å². The largest absolute Gasteiger partial charge is 0.481 e. The Morgan fingerprint density at radius 3 is 2.00 bits per heavy atom. The third-order valence-corrected chi connectivity index (χ3v) is 3.71. The monoisotopic (exact) mass is 314 g/mol. The molecule has 0 aromatic heterocycles. The lowest BCUT2D eigenvalue weighted by Crippen LogP contribution is -2.05. The van der Waals surface area contributed by atoms with Crippen LogP contribution in [0.5, 0.6) is 0 Å². The average Bonchev–Trinajstić information content (AvgIpc) is 2.44. The van der Waals surface area contributed by atoms with Gasteiger partial charge in [0.25, 0.3) is 0 Å². The summed E-state index contributed by atoms with van der Waals surface area (Å²) in [4.78, 5) is 21.8. The van der Waals surface area contributed by atoms with Crippen LogP contribution in [0, 0.1) is 5.92 Å². The zero-order valence-electron chi connectivity index (χ0n) is 14.4. The van der Waals surface area contributed by atoms with Crippen molar-refractivity contribution in [2.45, 2.75) is 90.9 Å². The number of carbonyl (C=O) groups excluding carboxylic acids is 1. The highest BCUT2D eigenvalue weighted by atomic mass is 16.5. The van der Waals surface area contributed by atoms with Crippen LogP contribution in [0.1, 0.15) is 90.9 Å². The molecule has 0 fully saturated rings. The molecule has 4 heteroatoms. The zero-order chi connectivity index (χ0) is 16.6. The van der Waals surface area contributed by atoms with E-state index in [0.717, 1.165) is 38.0 Å². The predicted molar refractivity (Wildman–Crippen MR) is 88.8 cm³/mol. The lowest BCUT2D eigenvalue weighted by molar-refractivity contribution is -0.144. The molecule has 0 unspecified atom stereocenters. The van der Waals surface area contributed by atoms with Gasteiger partial charge in [-0.3, -0.25) is 9.59 Å². The number of ether oxygens (including phenoxy) is 1. The first-order chi connectivity index (χ1) is 10.5. The minimum absolute atomic E-state index is 0.113. The van der Waals surface area contributed by atoms with E-state index in [1.807, 2.05) is 0 Å². The van der Waals surface area contributed by atoms with Crippen molar-refractivity contribution in [3.63, 3.8) is 0 Å². The van der Waals surface area contributed by atoms with Crippen molar-refractivity contribution < 1.29 is 19.4 Å². The minimum atomic E-state index is -0.747. The van der Waals surface area contributed by atoms with Gasteiger partial charge in [0.05, 0.1) is 6.61 Å². The summed E-state index contributed by atoms with van der Waals surface area (Å²) >= 11 is 0. The summed E-state index contributed by atoms with van der Waals surface area (Å²) in [6, 6.07) is 0. The molecule has 0 aliphatic carbocycles. The molecule has 0 aliphatic rings. The summed E-state index contributed by atoms with van der Waals surface area (Å²) < 4.78 is 5.20. The van der Waals surface area contributed by atoms with Gasteiger partial charge in [0, 0.05) is 12.8 Å². The van der Waals surface area contributed by atoms with Crippen molar-refractivity contribution in [1.29, 1.82) is 0 Å². The van der Waals surface area contributed by atoms with Crippen LogP contribution in [0.25, 0.3) is 0 Å². The summed E-state index contributed by atoms with van der Waals surface area (Å²) in [6.45, 7) is 5.05. The van der Waals surface area contributed by atoms with Crippen LogP contribution in [0.15, 0.2) is 0 Å². The van der Waals surface area contributed by atoms with Gasteiger partial charge < -0.3 is 9.84 Å². The van der Waals surface area contributed by atoms with Crippen molar-refractivity contribution in [1.82, 2.24) is 0 Å². The SMILES string of the molecule is CC(C)CCCCCCCOC(=O)CCCCCCC(=O)O. The van der Waals surface area contributed by atoms with E-state index in [2.05, 4.69) is 13.8 Å². The molecule has 0 aromatic rings. The molecule has 0 rings (SSSR count). The van der Waals surface area contributed by atoms with Crippen LogP contribution in [0.3, 0.4) is 0 Å². The van der Waals surface area contributed by atoms with Gasteiger partial charge >= 0.3 is 11.9 Å². The van der Waals surface area contributed by atoms with Crippen molar-refractivity contribution in [3.8, 4) is 0 Å². The Hall–Kier alpha value is -1.06. The Morgan fingerprint density at radius 1 is 0.818 bits per heavy atom. The number of carbonyl (C=O) groups is 2. The molecule has 0 saturated carbocycles. The van der Waals surface area contributed by atoms with E-state index in [4.69, 9.17) is 9.84 Å². The van der Waals surface area contributed by atoms with E-state index in [1.165, 1.54) is 25.7 Å². The maximum atomic E-state index is 11.5. The molecule has 22 heavy (non-hydrogen) atoms. The van der Waals surface area contributed by atoms with Crippen LogP contribution in [-0.2, 0) is 14.3 Å². The summed E-state index contributed by atoms with van der Waals surface area (Å²) in [7, 11) is 0. The van der Waals surface area contributed by atoms with Gasteiger partial charge in [-0.05, 0) is 25.2 Å². The molecule has 0 spiro atoms. The quantitative estimate of drug-likeness (QED) is 0.343. The van der Waals surface area contributed by atoms with Crippen molar-refractivity contribution in [3.05, 3.63) is 0 Å². The van der Waals surface area contributed by atoms with E-state index in [0.29, 0.717) is 19.4 Å². The standard InChI is InChI=1S/C18H34O4/c1-16(2)12-8-4-3-7-11-15-22-18(21)14-10-6-5-9-13-17(19)20/h16H,3-15H2,1-2H3,(H,19,20). The second-order valence-corrected chi connectivity index (χ2v) is 6.48. The van der Waals surface area contributed by atoms with E-state index in [1.54, 1.807) is 0 Å². The highest BCUT2D eigenvalue weighted by Crippen LogP contribution is 2.11. The predicted octanol–water partition coefficient (Wildman–Crippen LogP) is 4.95. The molecule has 130 valence electrons. The zero-order valence-corrected chi connectivity index (χ0v) is 14.4. The topological polar surface area (TPSA) is 63.6 Å². The molecule has 0 amide bonds. The third kappa shape index (κ3) is 17.0. The Morgan fingerprint density at radius 2 is 1.36 bits per heavy atom. The highest BCUT2D eigenvalue weighted by Gasteiger charge is 2.03. The van der Waals surface area contributed by atoms with Crippen LogP contribution in [0.4, 0.5) is 0 Å². The molecule has 0 aliphatic heterocycles. The Labute approximate surface area is 135 Å². The number of unbranched alkanes of at least 4 members (excludes halogenated alkanes) is 7. The second-order valence-electron chi connectivity index (χ2n) is 6.48. The summed E-state index contributed by atoms with van der Waals surface area (Å²) in [5, 5.41) is 8.50. The number of carboxylic acid groups (broad SMARTS) is 1. The van der Waals surface area contributed by atoms with Crippen molar-refractivity contribution >= 4 is 11.9 Å². The van der Waals surface area contributed by atoms with Gasteiger partial charge in [-0.15, -0.1) is 0 Å². The van der Waals surface area contributed by atoms with E-state index in [9.17, 15) is 9.59 Å². The molecular formula is C18H34O4. The summed E-state index contributed by atoms with van der Waals surface area (Å²) in [5.74, 6) is -0.0632. The molecule has 4 nitrogen and oxygen atoms in total. The molecule has 0 heterocycles. The summed E-state index contributed by atoms with van der Waals surface area (Å²) in [6.07, 6.45) is 11.2. The van der Waals surface area contributed by atoms with Gasteiger partial charge in [-0.1, -0.05) is 58.8 Å². The van der Waals surface area contributed by atoms with E-state index < -0.39 is 5.97 Å². The first kappa shape index (κ1) is 20.9. The summed E-state index contributed by atoms with van der Waals surface area (Å²) in [5.41, 5.74) is 0. The smallest absolute Gasteiger partial charge is 0.305 e. The third-order valence-electron chi connectivity index (χ3n) is 3.71. The van der Waals surface area contributed by atoms with E-state index in [-0.39, 0.29) is 12.4 Å². The minimum Gasteiger partial charge on any atom is -0.481 e. The number of carboxylic acids is 1. The van der Waals surface area contributed by atoms with Crippen molar-refractivity contribution in [2.24, 2.45) is 5.92 Å².